The molecule has 3 N–H and O–H groups in total. The average molecular weight is 379 g/mol. The number of aromatic amines is 1. The number of hydrogen-bond acceptors (Lipinski definition) is 4. The zero-order chi connectivity index (χ0) is 19.8. The fourth-order valence-corrected chi connectivity index (χ4v) is 3.80. The minimum absolute atomic E-state index is 0.0244. The number of anilines is 2. The molecule has 0 unspecified atom stereocenters. The maximum Gasteiger partial charge on any atom is 0.330 e. The molecule has 0 atom stereocenters. The molecular formula is C20H34N4O3. The summed E-state index contributed by atoms with van der Waals surface area (Å²) in [5.41, 5.74) is 5.33. The van der Waals surface area contributed by atoms with E-state index in [-0.39, 0.29) is 23.3 Å². The van der Waals surface area contributed by atoms with Crippen LogP contribution >= 0.6 is 0 Å². The number of unbranched alkanes of at least 4 members (excludes halogenated alkanes) is 3. The number of nitrogens with zero attached hydrogens (tertiary/aromatic N) is 2. The van der Waals surface area contributed by atoms with Gasteiger partial charge >= 0.3 is 5.69 Å². The van der Waals surface area contributed by atoms with Gasteiger partial charge in [-0.25, -0.2) is 4.79 Å². The third-order valence-electron chi connectivity index (χ3n) is 5.43. The Morgan fingerprint density at radius 3 is 2.41 bits per heavy atom. The minimum atomic E-state index is -0.564. The van der Waals surface area contributed by atoms with Crippen molar-refractivity contribution >= 4 is 17.4 Å². The van der Waals surface area contributed by atoms with Gasteiger partial charge in [0.15, 0.2) is 5.69 Å². The summed E-state index contributed by atoms with van der Waals surface area (Å²) in [4.78, 5) is 42.0. The van der Waals surface area contributed by atoms with Crippen molar-refractivity contribution in [2.24, 2.45) is 5.92 Å². The van der Waals surface area contributed by atoms with E-state index in [0.717, 1.165) is 64.2 Å². The second kappa shape index (κ2) is 10.3. The lowest BCUT2D eigenvalue weighted by Crippen LogP contribution is -2.44. The molecular weight excluding hydrogens is 344 g/mol. The lowest BCUT2D eigenvalue weighted by molar-refractivity contribution is -0.123. The fourth-order valence-electron chi connectivity index (χ4n) is 3.80. The summed E-state index contributed by atoms with van der Waals surface area (Å²) in [6, 6.07) is 0. The SMILES string of the molecule is CCCCCN(C(=O)C1CCCCC1)c1c(N)n(CCCC)c(=O)[nH]c1=O. The van der Waals surface area contributed by atoms with Gasteiger partial charge in [-0.05, 0) is 25.7 Å². The van der Waals surface area contributed by atoms with E-state index in [4.69, 9.17) is 5.73 Å². The molecule has 0 saturated heterocycles. The Morgan fingerprint density at radius 2 is 1.78 bits per heavy atom. The van der Waals surface area contributed by atoms with Crippen LogP contribution in [0, 0.1) is 5.92 Å². The Kier molecular flexibility index (Phi) is 8.13. The summed E-state index contributed by atoms with van der Waals surface area (Å²) in [6.07, 6.45) is 9.44. The van der Waals surface area contributed by atoms with Crippen molar-refractivity contribution in [2.75, 3.05) is 17.2 Å². The van der Waals surface area contributed by atoms with E-state index in [0.29, 0.717) is 13.1 Å². The Morgan fingerprint density at radius 1 is 1.11 bits per heavy atom. The average Bonchev–Trinajstić information content (AvgIpc) is 2.66. The number of aromatic nitrogens is 2. The molecule has 0 spiro atoms. The first kappa shape index (κ1) is 21.3. The van der Waals surface area contributed by atoms with E-state index >= 15 is 0 Å². The van der Waals surface area contributed by atoms with Crippen LogP contribution in [-0.2, 0) is 11.3 Å². The molecule has 2 rings (SSSR count). The number of carbonyl (C=O) groups excluding carboxylic acids is 1. The van der Waals surface area contributed by atoms with Crippen molar-refractivity contribution in [3.8, 4) is 0 Å². The highest BCUT2D eigenvalue weighted by molar-refractivity contribution is 5.97. The van der Waals surface area contributed by atoms with Crippen molar-refractivity contribution in [2.45, 2.75) is 84.6 Å². The third-order valence-corrected chi connectivity index (χ3v) is 5.43. The molecule has 0 bridgehead atoms. The van der Waals surface area contributed by atoms with Crippen LogP contribution in [0.5, 0.6) is 0 Å². The molecule has 1 fully saturated rings. The minimum Gasteiger partial charge on any atom is -0.383 e. The molecule has 0 radical (unpaired) electrons. The maximum absolute atomic E-state index is 13.2. The van der Waals surface area contributed by atoms with Gasteiger partial charge in [0.25, 0.3) is 5.56 Å². The van der Waals surface area contributed by atoms with E-state index in [2.05, 4.69) is 11.9 Å². The smallest absolute Gasteiger partial charge is 0.330 e. The van der Waals surface area contributed by atoms with Crippen LogP contribution in [0.3, 0.4) is 0 Å². The van der Waals surface area contributed by atoms with E-state index in [1.807, 2.05) is 6.92 Å². The van der Waals surface area contributed by atoms with Gasteiger partial charge in [0, 0.05) is 19.0 Å². The summed E-state index contributed by atoms with van der Waals surface area (Å²) < 4.78 is 1.39. The predicted molar refractivity (Wildman–Crippen MR) is 109 cm³/mol. The van der Waals surface area contributed by atoms with Crippen LogP contribution in [0.15, 0.2) is 9.59 Å². The maximum atomic E-state index is 13.2. The van der Waals surface area contributed by atoms with Gasteiger partial charge < -0.3 is 10.6 Å². The molecule has 1 heterocycles. The van der Waals surface area contributed by atoms with Gasteiger partial charge in [-0.1, -0.05) is 52.4 Å². The molecule has 1 aromatic heterocycles. The monoisotopic (exact) mass is 378 g/mol. The quantitative estimate of drug-likeness (QED) is 0.645. The van der Waals surface area contributed by atoms with Gasteiger partial charge in [0.1, 0.15) is 5.82 Å². The van der Waals surface area contributed by atoms with Gasteiger partial charge in [0.2, 0.25) is 5.91 Å². The summed E-state index contributed by atoms with van der Waals surface area (Å²) in [6.45, 7) is 5.02. The summed E-state index contributed by atoms with van der Waals surface area (Å²) in [5.74, 6) is 0.0248. The molecule has 27 heavy (non-hydrogen) atoms. The highest BCUT2D eigenvalue weighted by Gasteiger charge is 2.30. The van der Waals surface area contributed by atoms with E-state index in [9.17, 15) is 14.4 Å². The second-order valence-electron chi connectivity index (χ2n) is 7.53. The molecule has 1 saturated carbocycles. The molecule has 7 heteroatoms. The predicted octanol–water partition coefficient (Wildman–Crippen LogP) is 3.02. The van der Waals surface area contributed by atoms with Crippen molar-refractivity contribution in [1.82, 2.24) is 9.55 Å². The highest BCUT2D eigenvalue weighted by Crippen LogP contribution is 2.28. The van der Waals surface area contributed by atoms with Crippen molar-refractivity contribution in [1.29, 1.82) is 0 Å². The molecule has 1 amide bonds. The zero-order valence-corrected chi connectivity index (χ0v) is 16.8. The number of nitrogens with two attached hydrogens (primary N) is 1. The number of H-pyrrole nitrogens is 1. The molecule has 0 aliphatic heterocycles. The van der Waals surface area contributed by atoms with Gasteiger partial charge in [-0.15, -0.1) is 0 Å². The second-order valence-corrected chi connectivity index (χ2v) is 7.53. The Bertz CT molecular complexity index is 732. The molecule has 152 valence electrons. The number of hydrogen-bond donors (Lipinski definition) is 2. The fraction of sp³-hybridized carbons (Fsp3) is 0.750. The lowest BCUT2D eigenvalue weighted by Gasteiger charge is -2.30. The topological polar surface area (TPSA) is 101 Å². The molecule has 1 aliphatic carbocycles. The van der Waals surface area contributed by atoms with Crippen LogP contribution < -0.4 is 21.9 Å². The normalized spacial score (nSPS) is 15.0. The van der Waals surface area contributed by atoms with Gasteiger partial charge in [0.05, 0.1) is 0 Å². The van der Waals surface area contributed by atoms with Gasteiger partial charge in [-0.2, -0.15) is 0 Å². The van der Waals surface area contributed by atoms with Crippen LogP contribution in [0.1, 0.15) is 78.1 Å². The molecule has 0 aromatic carbocycles. The van der Waals surface area contributed by atoms with Crippen LogP contribution in [0.2, 0.25) is 0 Å². The lowest BCUT2D eigenvalue weighted by atomic mass is 9.88. The van der Waals surface area contributed by atoms with E-state index in [1.165, 1.54) is 4.57 Å². The van der Waals surface area contributed by atoms with E-state index in [1.54, 1.807) is 4.90 Å². The van der Waals surface area contributed by atoms with Crippen LogP contribution in [-0.4, -0.2) is 22.0 Å². The Hall–Kier alpha value is -2.05. The number of amides is 1. The number of nitrogens with one attached hydrogen (secondary N) is 1. The molecule has 1 aliphatic rings. The zero-order valence-electron chi connectivity index (χ0n) is 16.8. The Balaban J connectivity index is 2.42. The summed E-state index contributed by atoms with van der Waals surface area (Å²) in [5, 5.41) is 0. The third kappa shape index (κ3) is 5.23. The largest absolute Gasteiger partial charge is 0.383 e. The highest BCUT2D eigenvalue weighted by atomic mass is 16.2. The van der Waals surface area contributed by atoms with Crippen LogP contribution in [0.4, 0.5) is 11.5 Å². The van der Waals surface area contributed by atoms with Gasteiger partial charge in [-0.3, -0.25) is 19.1 Å². The van der Waals surface area contributed by atoms with Crippen molar-refractivity contribution < 1.29 is 4.79 Å². The first-order valence-corrected chi connectivity index (χ1v) is 10.4. The molecule has 1 aromatic rings. The summed E-state index contributed by atoms with van der Waals surface area (Å²) in [7, 11) is 0. The molecule has 7 nitrogen and oxygen atoms in total. The Labute approximate surface area is 160 Å². The number of carbonyl (C=O) groups is 1. The first-order chi connectivity index (χ1) is 13.0. The standard InChI is InChI=1S/C20H34N4O3/c1-3-5-10-14-23(19(26)15-11-8-7-9-12-15)16-17(21)24(13-6-4-2)20(27)22-18(16)25/h15H,3-14,21H2,1-2H3,(H,22,25,27). The van der Waals surface area contributed by atoms with Crippen molar-refractivity contribution in [3.05, 3.63) is 20.8 Å². The van der Waals surface area contributed by atoms with Crippen LogP contribution in [0.25, 0.3) is 0 Å². The number of nitrogen functional groups attached to an aromatic ring is 1. The first-order valence-electron chi connectivity index (χ1n) is 10.4. The van der Waals surface area contributed by atoms with E-state index < -0.39 is 11.2 Å². The number of rotatable bonds is 9. The van der Waals surface area contributed by atoms with Crippen molar-refractivity contribution in [3.63, 3.8) is 0 Å². The summed E-state index contributed by atoms with van der Waals surface area (Å²) >= 11 is 0.